The number of hydrogen-bond donors (Lipinski definition) is 3. The number of carbonyl (C=O) groups excluding carboxylic acids is 1. The van der Waals surface area contributed by atoms with Crippen molar-refractivity contribution in [3.05, 3.63) is 0 Å². The largest absolute Gasteiger partial charge is 0.370 e. The zero-order valence-corrected chi connectivity index (χ0v) is 9.98. The van der Waals surface area contributed by atoms with Crippen molar-refractivity contribution in [3.63, 3.8) is 0 Å². The first kappa shape index (κ1) is 10.9. The van der Waals surface area contributed by atoms with Crippen molar-refractivity contribution in [2.45, 2.75) is 44.1 Å². The minimum absolute atomic E-state index is 0.181. The van der Waals surface area contributed by atoms with Crippen LogP contribution in [0.1, 0.15) is 38.5 Å². The molecule has 4 aliphatic rings. The Kier molecular flexibility index (Phi) is 2.15. The summed E-state index contributed by atoms with van der Waals surface area (Å²) in [4.78, 5) is 13.0. The lowest BCUT2D eigenvalue weighted by atomic mass is 9.52. The van der Waals surface area contributed by atoms with Crippen LogP contribution in [0.15, 0.2) is 0 Å². The molecule has 2 amide bonds. The number of urea groups is 1. The number of rotatable bonds is 1. The van der Waals surface area contributed by atoms with Crippen molar-refractivity contribution in [2.75, 3.05) is 0 Å². The lowest BCUT2D eigenvalue weighted by molar-refractivity contribution is -0.0482. The molecule has 0 heterocycles. The highest BCUT2D eigenvalue weighted by atomic mass is 16.2. The quantitative estimate of drug-likeness (QED) is 0.471. The van der Waals surface area contributed by atoms with Crippen LogP contribution < -0.4 is 11.5 Å². The van der Waals surface area contributed by atoms with Crippen molar-refractivity contribution in [1.82, 2.24) is 4.90 Å². The van der Waals surface area contributed by atoms with Crippen LogP contribution in [0.4, 0.5) is 4.79 Å². The predicted octanol–water partition coefficient (Wildman–Crippen LogP) is 1.23. The second-order valence-electron chi connectivity index (χ2n) is 6.20. The Bertz CT molecular complexity index is 329. The SMILES string of the molecule is N=C(N)N(C(N)=O)C12CC3CC(CC(C3)C1)C2. The molecule has 4 aliphatic carbocycles. The molecular formula is C12H20N4O. The molecule has 4 fully saturated rings. The average Bonchev–Trinajstić information content (AvgIpc) is 2.11. The van der Waals surface area contributed by atoms with E-state index < -0.39 is 6.03 Å². The van der Waals surface area contributed by atoms with E-state index in [1.165, 1.54) is 24.2 Å². The van der Waals surface area contributed by atoms with E-state index >= 15 is 0 Å². The third kappa shape index (κ3) is 1.51. The molecule has 0 radical (unpaired) electrons. The number of carbonyl (C=O) groups is 1. The Morgan fingerprint density at radius 2 is 1.47 bits per heavy atom. The summed E-state index contributed by atoms with van der Waals surface area (Å²) in [6.45, 7) is 0. The highest BCUT2D eigenvalue weighted by Gasteiger charge is 2.55. The van der Waals surface area contributed by atoms with Crippen LogP contribution in [0.25, 0.3) is 0 Å². The second kappa shape index (κ2) is 3.37. The molecular weight excluding hydrogens is 216 g/mol. The van der Waals surface area contributed by atoms with Crippen LogP contribution >= 0.6 is 0 Å². The molecule has 0 unspecified atom stereocenters. The fourth-order valence-corrected chi connectivity index (χ4v) is 4.95. The number of amides is 2. The second-order valence-corrected chi connectivity index (χ2v) is 6.20. The molecule has 5 heteroatoms. The molecule has 0 atom stereocenters. The summed E-state index contributed by atoms with van der Waals surface area (Å²) in [5, 5.41) is 7.62. The lowest BCUT2D eigenvalue weighted by Crippen LogP contribution is -2.65. The van der Waals surface area contributed by atoms with E-state index in [4.69, 9.17) is 16.9 Å². The van der Waals surface area contributed by atoms with Gasteiger partial charge in [-0.2, -0.15) is 0 Å². The fourth-order valence-electron chi connectivity index (χ4n) is 4.95. The van der Waals surface area contributed by atoms with Crippen molar-refractivity contribution < 1.29 is 4.79 Å². The van der Waals surface area contributed by atoms with Gasteiger partial charge >= 0.3 is 6.03 Å². The summed E-state index contributed by atoms with van der Waals surface area (Å²) in [5.74, 6) is 1.95. The van der Waals surface area contributed by atoms with Crippen LogP contribution in [0.2, 0.25) is 0 Å². The molecule has 5 N–H and O–H groups in total. The van der Waals surface area contributed by atoms with E-state index in [1.54, 1.807) is 0 Å². The maximum absolute atomic E-state index is 11.6. The Morgan fingerprint density at radius 1 is 1.06 bits per heavy atom. The van der Waals surface area contributed by atoms with Crippen LogP contribution in [0.3, 0.4) is 0 Å². The number of nitrogens with two attached hydrogens (primary N) is 2. The minimum Gasteiger partial charge on any atom is -0.370 e. The molecule has 0 spiro atoms. The molecule has 17 heavy (non-hydrogen) atoms. The Labute approximate surface area is 101 Å². The van der Waals surface area contributed by atoms with Gasteiger partial charge in [0.05, 0.1) is 5.54 Å². The molecule has 4 saturated carbocycles. The van der Waals surface area contributed by atoms with E-state index in [-0.39, 0.29) is 11.5 Å². The molecule has 5 nitrogen and oxygen atoms in total. The molecule has 0 aliphatic heterocycles. The summed E-state index contributed by atoms with van der Waals surface area (Å²) >= 11 is 0. The van der Waals surface area contributed by atoms with Crippen LogP contribution in [0.5, 0.6) is 0 Å². The topological polar surface area (TPSA) is 96.2 Å². The molecule has 4 rings (SSSR count). The smallest absolute Gasteiger partial charge is 0.322 e. The standard InChI is InChI=1S/C12H20N4O/c13-10(14)16(11(15)17)12-4-7-1-8(5-12)3-9(2-7)6-12/h7-9H,1-6H2,(H3,13,14)(H2,15,17). The van der Waals surface area contributed by atoms with Gasteiger partial charge in [0.25, 0.3) is 0 Å². The van der Waals surface area contributed by atoms with Gasteiger partial charge in [0.1, 0.15) is 0 Å². The predicted molar refractivity (Wildman–Crippen MR) is 64.2 cm³/mol. The lowest BCUT2D eigenvalue weighted by Gasteiger charge is -2.59. The summed E-state index contributed by atoms with van der Waals surface area (Å²) in [5.41, 5.74) is 10.8. The van der Waals surface area contributed by atoms with Crippen molar-refractivity contribution in [2.24, 2.45) is 29.2 Å². The van der Waals surface area contributed by atoms with Gasteiger partial charge in [-0.25, -0.2) is 4.79 Å². The van der Waals surface area contributed by atoms with E-state index in [1.807, 2.05) is 0 Å². The van der Waals surface area contributed by atoms with Crippen LogP contribution in [-0.4, -0.2) is 22.4 Å². The van der Waals surface area contributed by atoms with Crippen molar-refractivity contribution in [3.8, 4) is 0 Å². The summed E-state index contributed by atoms with van der Waals surface area (Å²) < 4.78 is 0. The van der Waals surface area contributed by atoms with Crippen LogP contribution in [-0.2, 0) is 0 Å². The van der Waals surface area contributed by atoms with Crippen molar-refractivity contribution in [1.29, 1.82) is 5.41 Å². The number of primary amides is 1. The minimum atomic E-state index is -0.556. The first-order chi connectivity index (χ1) is 8.00. The zero-order valence-electron chi connectivity index (χ0n) is 9.98. The monoisotopic (exact) mass is 236 g/mol. The summed E-state index contributed by atoms with van der Waals surface area (Å²) in [6.07, 6.45) is 6.85. The van der Waals surface area contributed by atoms with Gasteiger partial charge in [0, 0.05) is 0 Å². The van der Waals surface area contributed by atoms with E-state index in [9.17, 15) is 4.79 Å². The molecule has 0 aromatic heterocycles. The van der Waals surface area contributed by atoms with Crippen molar-refractivity contribution >= 4 is 12.0 Å². The first-order valence-electron chi connectivity index (χ1n) is 6.44. The summed E-state index contributed by atoms with van der Waals surface area (Å²) in [6, 6.07) is -0.556. The van der Waals surface area contributed by atoms with Gasteiger partial charge in [0.2, 0.25) is 0 Å². The van der Waals surface area contributed by atoms with Gasteiger partial charge in [-0.05, 0) is 56.3 Å². The third-order valence-electron chi connectivity index (χ3n) is 4.94. The van der Waals surface area contributed by atoms with Gasteiger partial charge < -0.3 is 11.5 Å². The number of nitrogens with one attached hydrogen (secondary N) is 1. The average molecular weight is 236 g/mol. The van der Waals surface area contributed by atoms with Gasteiger partial charge in [0.15, 0.2) is 5.96 Å². The molecule has 0 saturated heterocycles. The third-order valence-corrected chi connectivity index (χ3v) is 4.94. The molecule has 0 aromatic rings. The van der Waals surface area contributed by atoms with Gasteiger partial charge in [-0.15, -0.1) is 0 Å². The van der Waals surface area contributed by atoms with Gasteiger partial charge in [-0.1, -0.05) is 0 Å². The molecule has 0 aromatic carbocycles. The highest BCUT2D eigenvalue weighted by Crippen LogP contribution is 2.57. The Morgan fingerprint density at radius 3 is 1.76 bits per heavy atom. The Balaban J connectivity index is 1.95. The van der Waals surface area contributed by atoms with Gasteiger partial charge in [-0.3, -0.25) is 10.3 Å². The Hall–Kier alpha value is -1.26. The van der Waals surface area contributed by atoms with E-state index in [2.05, 4.69) is 0 Å². The molecule has 94 valence electrons. The highest BCUT2D eigenvalue weighted by molar-refractivity contribution is 5.94. The van der Waals surface area contributed by atoms with Crippen LogP contribution in [0, 0.1) is 23.2 Å². The zero-order chi connectivity index (χ0) is 12.2. The maximum atomic E-state index is 11.6. The molecule has 4 bridgehead atoms. The maximum Gasteiger partial charge on any atom is 0.322 e. The first-order valence-corrected chi connectivity index (χ1v) is 6.44. The van der Waals surface area contributed by atoms with E-state index in [0.29, 0.717) is 17.8 Å². The van der Waals surface area contributed by atoms with E-state index in [0.717, 1.165) is 19.3 Å². The number of guanidine groups is 1. The summed E-state index contributed by atoms with van der Waals surface area (Å²) in [7, 11) is 0. The fraction of sp³-hybridized carbons (Fsp3) is 0.833. The number of hydrogen-bond acceptors (Lipinski definition) is 2. The number of nitrogens with zero attached hydrogens (tertiary/aromatic N) is 1. The normalized spacial score (nSPS) is 42.5.